The summed E-state index contributed by atoms with van der Waals surface area (Å²) >= 11 is 5.83. The highest BCUT2D eigenvalue weighted by Crippen LogP contribution is 2.14. The maximum Gasteiger partial charge on any atom is 0.411 e. The first-order chi connectivity index (χ1) is 14.3. The van der Waals surface area contributed by atoms with Crippen molar-refractivity contribution in [3.05, 3.63) is 81.6 Å². The number of hydrogen-bond acceptors (Lipinski definition) is 4. The summed E-state index contributed by atoms with van der Waals surface area (Å²) < 4.78 is 6.78. The van der Waals surface area contributed by atoms with Crippen LogP contribution in [0.25, 0.3) is 0 Å². The summed E-state index contributed by atoms with van der Waals surface area (Å²) in [6.45, 7) is 4.27. The zero-order valence-corrected chi connectivity index (χ0v) is 17.8. The van der Waals surface area contributed by atoms with Crippen LogP contribution < -0.4 is 10.6 Å². The zero-order chi connectivity index (χ0) is 21.7. The fraction of sp³-hybridized carbons (Fsp3) is 0.227. The Hall–Kier alpha value is -3.32. The van der Waals surface area contributed by atoms with Crippen LogP contribution in [0.1, 0.15) is 32.9 Å². The molecule has 0 unspecified atom stereocenters. The summed E-state index contributed by atoms with van der Waals surface area (Å²) in [5.41, 5.74) is 4.60. The first kappa shape index (κ1) is 21.4. The van der Waals surface area contributed by atoms with Gasteiger partial charge in [0.1, 0.15) is 12.3 Å². The lowest BCUT2D eigenvalue weighted by Crippen LogP contribution is -2.25. The van der Waals surface area contributed by atoms with E-state index < -0.39 is 6.09 Å². The number of benzene rings is 2. The average molecular weight is 427 g/mol. The van der Waals surface area contributed by atoms with Gasteiger partial charge in [-0.15, -0.1) is 0 Å². The number of amides is 2. The summed E-state index contributed by atoms with van der Waals surface area (Å²) in [6.07, 6.45) is -0.548. The third kappa shape index (κ3) is 5.39. The molecular weight excluding hydrogens is 404 g/mol. The second kappa shape index (κ2) is 9.45. The lowest BCUT2D eigenvalue weighted by atomic mass is 10.2. The Kier molecular flexibility index (Phi) is 6.74. The van der Waals surface area contributed by atoms with E-state index in [9.17, 15) is 9.59 Å². The van der Waals surface area contributed by atoms with E-state index in [1.807, 2.05) is 26.0 Å². The lowest BCUT2D eigenvalue weighted by molar-refractivity contribution is 0.0940. The number of carbonyl (C=O) groups excluding carboxylic acids is 2. The molecular formula is C22H23ClN4O3. The number of nitrogens with zero attached hydrogens (tertiary/aromatic N) is 2. The zero-order valence-electron chi connectivity index (χ0n) is 17.0. The standard InChI is InChI=1S/C22H23ClN4O3/c1-14-15(2)26-27(3)20(14)21(28)24-12-16-6-10-19(11-7-16)25-22(29)30-13-17-4-8-18(23)9-5-17/h4-11H,12-13H2,1-3H3,(H,24,28)(H,25,29). The van der Waals surface area contributed by atoms with Gasteiger partial charge in [0.25, 0.3) is 5.91 Å². The molecule has 3 aromatic rings. The second-order valence-corrected chi connectivity index (χ2v) is 7.33. The van der Waals surface area contributed by atoms with Gasteiger partial charge < -0.3 is 10.1 Å². The van der Waals surface area contributed by atoms with Crippen LogP contribution in [0.4, 0.5) is 10.5 Å². The molecule has 0 saturated carbocycles. The van der Waals surface area contributed by atoms with Crippen molar-refractivity contribution in [3.63, 3.8) is 0 Å². The van der Waals surface area contributed by atoms with E-state index in [2.05, 4.69) is 15.7 Å². The molecule has 2 aromatic carbocycles. The Bertz CT molecular complexity index is 1040. The van der Waals surface area contributed by atoms with Crippen LogP contribution in [-0.4, -0.2) is 21.8 Å². The number of carbonyl (C=O) groups is 2. The van der Waals surface area contributed by atoms with Gasteiger partial charge in [-0.1, -0.05) is 35.9 Å². The van der Waals surface area contributed by atoms with Crippen LogP contribution in [0.2, 0.25) is 5.02 Å². The van der Waals surface area contributed by atoms with Crippen LogP contribution in [0.15, 0.2) is 48.5 Å². The molecule has 3 rings (SSSR count). The van der Waals surface area contributed by atoms with E-state index in [1.165, 1.54) is 0 Å². The SMILES string of the molecule is Cc1nn(C)c(C(=O)NCc2ccc(NC(=O)OCc3ccc(Cl)cc3)cc2)c1C. The van der Waals surface area contributed by atoms with E-state index in [-0.39, 0.29) is 12.5 Å². The molecule has 156 valence electrons. The van der Waals surface area contributed by atoms with Gasteiger partial charge >= 0.3 is 6.09 Å². The number of aryl methyl sites for hydroxylation is 2. The molecule has 0 atom stereocenters. The average Bonchev–Trinajstić information content (AvgIpc) is 2.98. The van der Waals surface area contributed by atoms with Crippen molar-refractivity contribution in [2.75, 3.05) is 5.32 Å². The Morgan fingerprint density at radius 2 is 1.67 bits per heavy atom. The minimum atomic E-state index is -0.548. The Morgan fingerprint density at radius 3 is 2.27 bits per heavy atom. The number of nitrogens with one attached hydrogen (secondary N) is 2. The molecule has 0 aliphatic carbocycles. The van der Waals surface area contributed by atoms with Crippen molar-refractivity contribution < 1.29 is 14.3 Å². The Balaban J connectivity index is 1.49. The monoisotopic (exact) mass is 426 g/mol. The van der Waals surface area contributed by atoms with Crippen molar-refractivity contribution in [2.45, 2.75) is 27.0 Å². The number of rotatable bonds is 6. The highest BCUT2D eigenvalue weighted by molar-refractivity contribution is 6.30. The maximum absolute atomic E-state index is 12.4. The highest BCUT2D eigenvalue weighted by atomic mass is 35.5. The number of aromatic nitrogens is 2. The fourth-order valence-electron chi connectivity index (χ4n) is 2.94. The molecule has 0 fully saturated rings. The molecule has 2 amide bonds. The predicted octanol–water partition coefficient (Wildman–Crippen LogP) is 4.37. The number of anilines is 1. The summed E-state index contributed by atoms with van der Waals surface area (Å²) in [6, 6.07) is 14.3. The molecule has 2 N–H and O–H groups in total. The fourth-order valence-corrected chi connectivity index (χ4v) is 3.06. The third-order valence-electron chi connectivity index (χ3n) is 4.67. The molecule has 30 heavy (non-hydrogen) atoms. The van der Waals surface area contributed by atoms with Gasteiger partial charge in [-0.3, -0.25) is 14.8 Å². The van der Waals surface area contributed by atoms with Crippen molar-refractivity contribution in [2.24, 2.45) is 7.05 Å². The van der Waals surface area contributed by atoms with E-state index >= 15 is 0 Å². The van der Waals surface area contributed by atoms with Gasteiger partial charge in [0, 0.05) is 29.9 Å². The maximum atomic E-state index is 12.4. The topological polar surface area (TPSA) is 85.3 Å². The summed E-state index contributed by atoms with van der Waals surface area (Å²) in [7, 11) is 1.75. The third-order valence-corrected chi connectivity index (χ3v) is 4.93. The smallest absolute Gasteiger partial charge is 0.411 e. The second-order valence-electron chi connectivity index (χ2n) is 6.89. The van der Waals surface area contributed by atoms with Gasteiger partial charge in [-0.05, 0) is 49.2 Å². The highest BCUT2D eigenvalue weighted by Gasteiger charge is 2.16. The summed E-state index contributed by atoms with van der Waals surface area (Å²) in [5, 5.41) is 10.5. The van der Waals surface area contributed by atoms with Crippen molar-refractivity contribution in [1.82, 2.24) is 15.1 Å². The first-order valence-electron chi connectivity index (χ1n) is 9.39. The number of halogens is 1. The van der Waals surface area contributed by atoms with Crippen LogP contribution >= 0.6 is 11.6 Å². The first-order valence-corrected chi connectivity index (χ1v) is 9.77. The van der Waals surface area contributed by atoms with Crippen LogP contribution in [-0.2, 0) is 24.9 Å². The number of hydrogen-bond donors (Lipinski definition) is 2. The predicted molar refractivity (Wildman–Crippen MR) is 116 cm³/mol. The molecule has 7 nitrogen and oxygen atoms in total. The van der Waals surface area contributed by atoms with Gasteiger partial charge in [0.2, 0.25) is 0 Å². The summed E-state index contributed by atoms with van der Waals surface area (Å²) in [4.78, 5) is 24.4. The number of ether oxygens (including phenoxy) is 1. The lowest BCUT2D eigenvalue weighted by Gasteiger charge is -2.09. The minimum absolute atomic E-state index is 0.153. The van der Waals surface area contributed by atoms with Crippen LogP contribution in [0, 0.1) is 13.8 Å². The van der Waals surface area contributed by atoms with E-state index in [0.29, 0.717) is 22.9 Å². The van der Waals surface area contributed by atoms with Crippen molar-refractivity contribution in [1.29, 1.82) is 0 Å². The minimum Gasteiger partial charge on any atom is -0.444 e. The quantitative estimate of drug-likeness (QED) is 0.613. The van der Waals surface area contributed by atoms with Crippen LogP contribution in [0.3, 0.4) is 0 Å². The molecule has 0 saturated heterocycles. The molecule has 0 aliphatic rings. The van der Waals surface area contributed by atoms with Gasteiger partial charge in [-0.25, -0.2) is 4.79 Å². The van der Waals surface area contributed by atoms with Gasteiger partial charge in [-0.2, -0.15) is 5.10 Å². The largest absolute Gasteiger partial charge is 0.444 e. The molecule has 8 heteroatoms. The van der Waals surface area contributed by atoms with Crippen molar-refractivity contribution >= 4 is 29.3 Å². The Labute approximate surface area is 180 Å². The van der Waals surface area contributed by atoms with Crippen LogP contribution in [0.5, 0.6) is 0 Å². The van der Waals surface area contributed by atoms with E-state index in [1.54, 1.807) is 48.1 Å². The van der Waals surface area contributed by atoms with E-state index in [4.69, 9.17) is 16.3 Å². The molecule has 0 bridgehead atoms. The van der Waals surface area contributed by atoms with Gasteiger partial charge in [0.05, 0.1) is 5.69 Å². The molecule has 1 heterocycles. The molecule has 0 aliphatic heterocycles. The normalized spacial score (nSPS) is 10.5. The summed E-state index contributed by atoms with van der Waals surface area (Å²) in [5.74, 6) is -0.177. The van der Waals surface area contributed by atoms with Gasteiger partial charge in [0.15, 0.2) is 0 Å². The molecule has 1 aromatic heterocycles. The van der Waals surface area contributed by atoms with E-state index in [0.717, 1.165) is 22.4 Å². The van der Waals surface area contributed by atoms with Crippen molar-refractivity contribution in [3.8, 4) is 0 Å². The molecule has 0 radical (unpaired) electrons. The Morgan fingerprint density at radius 1 is 1.03 bits per heavy atom. The molecule has 0 spiro atoms.